The summed E-state index contributed by atoms with van der Waals surface area (Å²) in [6.07, 6.45) is 0. The number of anilines is 1. The summed E-state index contributed by atoms with van der Waals surface area (Å²) in [5.41, 5.74) is 2.05. The van der Waals surface area contributed by atoms with E-state index >= 15 is 0 Å². The molecule has 0 atom stereocenters. The average molecular weight is 308 g/mol. The normalized spacial score (nSPS) is 10.6. The summed E-state index contributed by atoms with van der Waals surface area (Å²) in [5.74, 6) is 2.43. The van der Waals surface area contributed by atoms with Crippen LogP contribution in [0.1, 0.15) is 5.56 Å². The quantitative estimate of drug-likeness (QED) is 0.716. The highest BCUT2D eigenvalue weighted by Gasteiger charge is 2.12. The van der Waals surface area contributed by atoms with Gasteiger partial charge in [0.05, 0.1) is 19.7 Å². The number of pyridine rings is 1. The monoisotopic (exact) mass is 308 g/mol. The first-order chi connectivity index (χ1) is 11.2. The van der Waals surface area contributed by atoms with Crippen molar-refractivity contribution in [2.75, 3.05) is 26.2 Å². The number of fused-ring (bicyclic) bond motifs is 1. The molecule has 0 spiro atoms. The first-order valence-electron chi connectivity index (χ1n) is 7.49. The van der Waals surface area contributed by atoms with E-state index in [0.717, 1.165) is 33.8 Å². The minimum atomic E-state index is 0.686. The first-order valence-corrected chi connectivity index (χ1v) is 7.49. The Kier molecular flexibility index (Phi) is 4.33. The van der Waals surface area contributed by atoms with Crippen molar-refractivity contribution < 1.29 is 9.47 Å². The molecule has 0 saturated carbocycles. The van der Waals surface area contributed by atoms with Gasteiger partial charge in [-0.2, -0.15) is 0 Å². The molecule has 0 amide bonds. The van der Waals surface area contributed by atoms with Crippen LogP contribution in [0.25, 0.3) is 10.9 Å². The Bertz CT molecular complexity index is 817. The van der Waals surface area contributed by atoms with Gasteiger partial charge in [0.25, 0.3) is 0 Å². The van der Waals surface area contributed by atoms with Crippen molar-refractivity contribution in [3.63, 3.8) is 0 Å². The van der Waals surface area contributed by atoms with Crippen molar-refractivity contribution >= 4 is 16.7 Å². The highest BCUT2D eigenvalue weighted by Crippen LogP contribution is 2.32. The van der Waals surface area contributed by atoms with Crippen LogP contribution in [0, 0.1) is 0 Å². The van der Waals surface area contributed by atoms with E-state index < -0.39 is 0 Å². The molecule has 118 valence electrons. The predicted molar refractivity (Wildman–Crippen MR) is 93.4 cm³/mol. The second-order valence-electron chi connectivity index (χ2n) is 5.37. The molecule has 0 N–H and O–H groups in total. The molecule has 0 aliphatic heterocycles. The maximum Gasteiger partial charge on any atom is 0.165 e. The Hall–Kier alpha value is -2.75. The molecule has 23 heavy (non-hydrogen) atoms. The molecule has 2 aromatic carbocycles. The molecule has 3 aromatic rings. The van der Waals surface area contributed by atoms with Gasteiger partial charge in [-0.15, -0.1) is 0 Å². The second-order valence-corrected chi connectivity index (χ2v) is 5.37. The fourth-order valence-corrected chi connectivity index (χ4v) is 2.68. The molecule has 0 aliphatic carbocycles. The Balaban J connectivity index is 1.90. The van der Waals surface area contributed by atoms with Gasteiger partial charge in [-0.25, -0.2) is 4.98 Å². The molecule has 3 rings (SSSR count). The number of aromatic nitrogens is 1. The maximum atomic E-state index is 5.50. The van der Waals surface area contributed by atoms with Crippen LogP contribution in [-0.2, 0) is 6.54 Å². The van der Waals surface area contributed by atoms with Crippen LogP contribution in [-0.4, -0.2) is 26.3 Å². The summed E-state index contributed by atoms with van der Waals surface area (Å²) in [4.78, 5) is 6.82. The van der Waals surface area contributed by atoms with E-state index in [1.54, 1.807) is 14.2 Å². The third-order valence-electron chi connectivity index (χ3n) is 3.87. The molecule has 1 aromatic heterocycles. The van der Waals surface area contributed by atoms with Crippen LogP contribution in [0.15, 0.2) is 54.6 Å². The van der Waals surface area contributed by atoms with Crippen LogP contribution in [0.3, 0.4) is 0 Å². The number of methoxy groups -OCH3 is 2. The molecule has 0 saturated heterocycles. The summed E-state index contributed by atoms with van der Waals surface area (Å²) in [7, 11) is 5.34. The fourth-order valence-electron chi connectivity index (χ4n) is 2.68. The maximum absolute atomic E-state index is 5.50. The second kappa shape index (κ2) is 6.57. The Morgan fingerprint density at radius 2 is 1.74 bits per heavy atom. The van der Waals surface area contributed by atoms with Crippen LogP contribution in [0.2, 0.25) is 0 Å². The lowest BCUT2D eigenvalue weighted by Crippen LogP contribution is -2.18. The Morgan fingerprint density at radius 1 is 0.913 bits per heavy atom. The first kappa shape index (κ1) is 15.2. The van der Waals surface area contributed by atoms with Crippen LogP contribution in [0.5, 0.6) is 11.5 Å². The van der Waals surface area contributed by atoms with Gasteiger partial charge in [-0.05, 0) is 24.3 Å². The van der Waals surface area contributed by atoms with E-state index in [0.29, 0.717) is 6.54 Å². The largest absolute Gasteiger partial charge is 0.493 e. The Morgan fingerprint density at radius 3 is 2.52 bits per heavy atom. The number of hydrogen-bond donors (Lipinski definition) is 0. The van der Waals surface area contributed by atoms with Crippen molar-refractivity contribution in [2.24, 2.45) is 0 Å². The minimum absolute atomic E-state index is 0.686. The van der Waals surface area contributed by atoms with Gasteiger partial charge < -0.3 is 14.4 Å². The highest BCUT2D eigenvalue weighted by atomic mass is 16.5. The predicted octanol–water partition coefficient (Wildman–Crippen LogP) is 3.89. The molecule has 0 aliphatic rings. The number of rotatable bonds is 5. The zero-order valence-corrected chi connectivity index (χ0v) is 13.6. The van der Waals surface area contributed by atoms with Gasteiger partial charge in [-0.1, -0.05) is 30.3 Å². The summed E-state index contributed by atoms with van der Waals surface area (Å²) in [5, 5.41) is 1.14. The summed E-state index contributed by atoms with van der Waals surface area (Å²) in [6, 6.07) is 18.2. The summed E-state index contributed by atoms with van der Waals surface area (Å²) >= 11 is 0. The lowest BCUT2D eigenvalue weighted by molar-refractivity contribution is 0.351. The number of ether oxygens (including phenoxy) is 2. The molecule has 4 nitrogen and oxygen atoms in total. The third-order valence-corrected chi connectivity index (χ3v) is 3.87. The average Bonchev–Trinajstić information content (AvgIpc) is 2.60. The molecule has 0 bridgehead atoms. The smallest absolute Gasteiger partial charge is 0.165 e. The zero-order valence-electron chi connectivity index (χ0n) is 13.6. The van der Waals surface area contributed by atoms with E-state index in [1.165, 1.54) is 0 Å². The van der Waals surface area contributed by atoms with Gasteiger partial charge in [0.1, 0.15) is 5.82 Å². The van der Waals surface area contributed by atoms with Gasteiger partial charge in [0, 0.05) is 24.5 Å². The van der Waals surface area contributed by atoms with Gasteiger partial charge in [-0.3, -0.25) is 0 Å². The minimum Gasteiger partial charge on any atom is -0.493 e. The van der Waals surface area contributed by atoms with Crippen molar-refractivity contribution in [1.29, 1.82) is 0 Å². The van der Waals surface area contributed by atoms with Crippen LogP contribution < -0.4 is 14.4 Å². The zero-order chi connectivity index (χ0) is 16.2. The molecule has 0 unspecified atom stereocenters. The van der Waals surface area contributed by atoms with E-state index in [4.69, 9.17) is 14.5 Å². The molecular formula is C19H20N2O2. The summed E-state index contributed by atoms with van der Waals surface area (Å²) < 4.78 is 10.9. The molecule has 4 heteroatoms. The Labute approximate surface area is 136 Å². The van der Waals surface area contributed by atoms with Gasteiger partial charge in [0.15, 0.2) is 11.5 Å². The van der Waals surface area contributed by atoms with E-state index in [9.17, 15) is 0 Å². The molecule has 0 fully saturated rings. The van der Waals surface area contributed by atoms with Crippen molar-refractivity contribution in [3.05, 3.63) is 60.2 Å². The van der Waals surface area contributed by atoms with Gasteiger partial charge in [0.2, 0.25) is 0 Å². The number of para-hydroxylation sites is 2. The van der Waals surface area contributed by atoms with Crippen molar-refractivity contribution in [2.45, 2.75) is 6.54 Å². The SMILES string of the molecule is COc1cccc(CN(C)c2ccc3ccccc3n2)c1OC. The molecule has 1 heterocycles. The lowest BCUT2D eigenvalue weighted by Gasteiger charge is -2.21. The van der Waals surface area contributed by atoms with Gasteiger partial charge >= 0.3 is 0 Å². The molecular weight excluding hydrogens is 288 g/mol. The number of hydrogen-bond acceptors (Lipinski definition) is 4. The number of benzene rings is 2. The van der Waals surface area contributed by atoms with Crippen molar-refractivity contribution in [3.8, 4) is 11.5 Å². The standard InChI is InChI=1S/C19H20N2O2/c1-21(13-15-8-6-10-17(22-2)19(15)23-3)18-12-11-14-7-4-5-9-16(14)20-18/h4-12H,13H2,1-3H3. The van der Waals surface area contributed by atoms with E-state index in [1.807, 2.05) is 49.5 Å². The summed E-state index contributed by atoms with van der Waals surface area (Å²) in [6.45, 7) is 0.686. The molecule has 0 radical (unpaired) electrons. The van der Waals surface area contributed by atoms with E-state index in [-0.39, 0.29) is 0 Å². The number of nitrogens with zero attached hydrogens (tertiary/aromatic N) is 2. The fraction of sp³-hybridized carbons (Fsp3) is 0.211. The van der Waals surface area contributed by atoms with Crippen molar-refractivity contribution in [1.82, 2.24) is 4.98 Å². The topological polar surface area (TPSA) is 34.6 Å². The van der Waals surface area contributed by atoms with E-state index in [2.05, 4.69) is 17.0 Å². The lowest BCUT2D eigenvalue weighted by atomic mass is 10.1. The van der Waals surface area contributed by atoms with Crippen LogP contribution in [0.4, 0.5) is 5.82 Å². The highest BCUT2D eigenvalue weighted by molar-refractivity contribution is 5.80. The van der Waals surface area contributed by atoms with Crippen LogP contribution >= 0.6 is 0 Å². The third kappa shape index (κ3) is 3.06.